The molecule has 4 bridgehead atoms. The van der Waals surface area contributed by atoms with Gasteiger partial charge in [-0.25, -0.2) is 0 Å². The predicted octanol–water partition coefficient (Wildman–Crippen LogP) is 1.60. The van der Waals surface area contributed by atoms with Gasteiger partial charge in [-0.2, -0.15) is 0 Å². The molecule has 29 heavy (non-hydrogen) atoms. The highest BCUT2D eigenvalue weighted by Gasteiger charge is 2.54. The molecule has 6 rings (SSSR count). The van der Waals surface area contributed by atoms with E-state index in [-0.39, 0.29) is 22.9 Å². The predicted molar refractivity (Wildman–Crippen MR) is 112 cm³/mol. The number of carbonyl (C=O) groups excluding carboxylic acids is 2. The fourth-order valence-electron chi connectivity index (χ4n) is 7.69. The van der Waals surface area contributed by atoms with Gasteiger partial charge in [-0.3, -0.25) is 19.4 Å². The molecule has 2 saturated heterocycles. The molecule has 6 nitrogen and oxygen atoms in total. The summed E-state index contributed by atoms with van der Waals surface area (Å²) in [5, 5.41) is 6.53. The van der Waals surface area contributed by atoms with E-state index < -0.39 is 0 Å². The van der Waals surface area contributed by atoms with Crippen molar-refractivity contribution in [3.05, 3.63) is 0 Å². The van der Waals surface area contributed by atoms with Gasteiger partial charge in [-0.15, -0.1) is 0 Å². The summed E-state index contributed by atoms with van der Waals surface area (Å²) in [4.78, 5) is 29.4. The van der Waals surface area contributed by atoms with E-state index >= 15 is 0 Å². The lowest BCUT2D eigenvalue weighted by molar-refractivity contribution is -0.145. The Morgan fingerprint density at radius 1 is 0.828 bits per heavy atom. The van der Waals surface area contributed by atoms with Crippen LogP contribution in [-0.2, 0) is 9.59 Å². The van der Waals surface area contributed by atoms with E-state index in [4.69, 9.17) is 0 Å². The third-order valence-electron chi connectivity index (χ3n) is 7.93. The van der Waals surface area contributed by atoms with Crippen molar-refractivity contribution in [3.8, 4) is 0 Å². The molecule has 0 unspecified atom stereocenters. The molecular weight excluding hydrogens is 364 g/mol. The molecule has 4 saturated carbocycles. The minimum atomic E-state index is -0.170. The second kappa shape index (κ2) is 6.68. The largest absolute Gasteiger partial charge is 0.350 e. The van der Waals surface area contributed by atoms with Crippen LogP contribution in [0.3, 0.4) is 0 Å². The molecule has 0 aromatic carbocycles. The molecule has 0 radical (unpaired) electrons. The second-order valence-corrected chi connectivity index (χ2v) is 12.3. The third-order valence-corrected chi connectivity index (χ3v) is 7.93. The van der Waals surface area contributed by atoms with E-state index in [2.05, 4.69) is 20.4 Å². The number of rotatable bonds is 5. The van der Waals surface area contributed by atoms with Crippen molar-refractivity contribution in [3.63, 3.8) is 0 Å². The average molecular weight is 403 g/mol. The van der Waals surface area contributed by atoms with Crippen LogP contribution < -0.4 is 10.6 Å². The maximum absolute atomic E-state index is 12.8. The molecule has 2 amide bonds. The maximum atomic E-state index is 12.8. The lowest BCUT2D eigenvalue weighted by atomic mass is 9.53. The SMILES string of the molecule is CC(C)(C)NC(=O)CN1CC2(C1)CN(CC(=O)NC13CC4CC(CC(C4)C1)C3)C2. The summed E-state index contributed by atoms with van der Waals surface area (Å²) in [5.74, 6) is 2.95. The Labute approximate surface area is 175 Å². The number of carbonyl (C=O) groups is 2. The number of nitrogens with one attached hydrogen (secondary N) is 2. The first-order valence-corrected chi connectivity index (χ1v) is 11.7. The Morgan fingerprint density at radius 3 is 1.72 bits per heavy atom. The maximum Gasteiger partial charge on any atom is 0.234 e. The van der Waals surface area contributed by atoms with E-state index in [1.807, 2.05) is 20.8 Å². The second-order valence-electron chi connectivity index (χ2n) is 12.3. The first-order valence-electron chi connectivity index (χ1n) is 11.7. The van der Waals surface area contributed by atoms with Crippen molar-refractivity contribution in [1.29, 1.82) is 0 Å². The first-order chi connectivity index (χ1) is 13.6. The van der Waals surface area contributed by atoms with E-state index in [9.17, 15) is 9.59 Å². The van der Waals surface area contributed by atoms with Crippen LogP contribution in [0.4, 0.5) is 0 Å². The zero-order chi connectivity index (χ0) is 20.4. The van der Waals surface area contributed by atoms with E-state index in [0.717, 1.165) is 43.9 Å². The molecular formula is C23H38N4O2. The fraction of sp³-hybridized carbons (Fsp3) is 0.913. The quantitative estimate of drug-likeness (QED) is 0.733. The van der Waals surface area contributed by atoms with Gasteiger partial charge >= 0.3 is 0 Å². The Balaban J connectivity index is 1.03. The molecule has 0 aromatic rings. The minimum Gasteiger partial charge on any atom is -0.350 e. The van der Waals surface area contributed by atoms with Crippen LogP contribution in [0.2, 0.25) is 0 Å². The van der Waals surface area contributed by atoms with Gasteiger partial charge in [-0.1, -0.05) is 0 Å². The molecule has 2 N–H and O–H groups in total. The third kappa shape index (κ3) is 4.07. The molecule has 0 atom stereocenters. The molecule has 162 valence electrons. The number of hydrogen-bond acceptors (Lipinski definition) is 4. The van der Waals surface area contributed by atoms with Crippen molar-refractivity contribution < 1.29 is 9.59 Å². The molecule has 6 heteroatoms. The summed E-state index contributed by atoms with van der Waals surface area (Å²) >= 11 is 0. The summed E-state index contributed by atoms with van der Waals surface area (Å²) in [6, 6.07) is 0. The van der Waals surface area contributed by atoms with Crippen LogP contribution in [0.5, 0.6) is 0 Å². The summed E-state index contributed by atoms with van der Waals surface area (Å²) in [6.45, 7) is 11.1. The highest BCUT2D eigenvalue weighted by molar-refractivity contribution is 5.79. The Hall–Kier alpha value is -1.14. The van der Waals surface area contributed by atoms with E-state index in [0.29, 0.717) is 18.5 Å². The smallest absolute Gasteiger partial charge is 0.234 e. The number of hydrogen-bond donors (Lipinski definition) is 2. The summed E-state index contributed by atoms with van der Waals surface area (Å²) < 4.78 is 0. The summed E-state index contributed by atoms with van der Waals surface area (Å²) in [6.07, 6.45) is 7.90. The van der Waals surface area contributed by atoms with E-state index in [1.165, 1.54) is 38.5 Å². The van der Waals surface area contributed by atoms with Crippen molar-refractivity contribution in [1.82, 2.24) is 20.4 Å². The van der Waals surface area contributed by atoms with Gasteiger partial charge in [0.05, 0.1) is 13.1 Å². The number of amides is 2. The van der Waals surface area contributed by atoms with Gasteiger partial charge in [0, 0.05) is 42.7 Å². The Bertz CT molecular complexity index is 648. The lowest BCUT2D eigenvalue weighted by Gasteiger charge is -2.60. The standard InChI is InChI=1S/C23H38N4O2/c1-21(2,3)24-19(28)10-26-12-22(13-26)14-27(15-22)11-20(29)25-23-7-16-4-17(8-23)6-18(5-16)9-23/h16-18H,4-15H2,1-3H3,(H,24,28)(H,25,29). The Morgan fingerprint density at radius 2 is 1.28 bits per heavy atom. The molecule has 2 aliphatic heterocycles. The first kappa shape index (κ1) is 19.8. The van der Waals surface area contributed by atoms with Gasteiger partial charge in [0.25, 0.3) is 0 Å². The van der Waals surface area contributed by atoms with E-state index in [1.54, 1.807) is 0 Å². The topological polar surface area (TPSA) is 64.7 Å². The van der Waals surface area contributed by atoms with Crippen LogP contribution in [0.15, 0.2) is 0 Å². The zero-order valence-corrected chi connectivity index (χ0v) is 18.4. The van der Waals surface area contributed by atoms with Gasteiger partial charge in [0.1, 0.15) is 0 Å². The highest BCUT2D eigenvalue weighted by Crippen LogP contribution is 2.55. The molecule has 0 aromatic heterocycles. The van der Waals surface area contributed by atoms with Gasteiger partial charge in [0.2, 0.25) is 11.8 Å². The summed E-state index contributed by atoms with van der Waals surface area (Å²) in [5.41, 5.74) is 0.280. The minimum absolute atomic E-state index is 0.110. The van der Waals surface area contributed by atoms with Crippen LogP contribution in [-0.4, -0.2) is 72.0 Å². The van der Waals surface area contributed by atoms with Crippen LogP contribution in [0, 0.1) is 23.2 Å². The monoisotopic (exact) mass is 402 g/mol. The lowest BCUT2D eigenvalue weighted by Crippen LogP contribution is -2.73. The van der Waals surface area contributed by atoms with Gasteiger partial charge in [-0.05, 0) is 77.0 Å². The summed E-state index contributed by atoms with van der Waals surface area (Å²) in [7, 11) is 0. The van der Waals surface area contributed by atoms with Crippen LogP contribution >= 0.6 is 0 Å². The van der Waals surface area contributed by atoms with Gasteiger partial charge < -0.3 is 10.6 Å². The van der Waals surface area contributed by atoms with Gasteiger partial charge in [0.15, 0.2) is 0 Å². The zero-order valence-electron chi connectivity index (χ0n) is 18.4. The fourth-order valence-corrected chi connectivity index (χ4v) is 7.69. The van der Waals surface area contributed by atoms with Crippen LogP contribution in [0.25, 0.3) is 0 Å². The molecule has 1 spiro atoms. The normalized spacial score (nSPS) is 37.8. The Kier molecular flexibility index (Phi) is 4.56. The molecule has 6 aliphatic rings. The molecule has 4 aliphatic carbocycles. The number of likely N-dealkylation sites (tertiary alicyclic amines) is 2. The number of nitrogens with zero attached hydrogens (tertiary/aromatic N) is 2. The van der Waals surface area contributed by atoms with Crippen molar-refractivity contribution in [2.24, 2.45) is 23.2 Å². The van der Waals surface area contributed by atoms with Crippen molar-refractivity contribution in [2.45, 2.75) is 70.4 Å². The van der Waals surface area contributed by atoms with Crippen molar-refractivity contribution >= 4 is 11.8 Å². The average Bonchev–Trinajstić information content (AvgIpc) is 2.46. The molecule has 2 heterocycles. The molecule has 6 fully saturated rings. The highest BCUT2D eigenvalue weighted by atomic mass is 16.2. The van der Waals surface area contributed by atoms with Crippen LogP contribution in [0.1, 0.15) is 59.3 Å². The van der Waals surface area contributed by atoms with Crippen molar-refractivity contribution in [2.75, 3.05) is 39.3 Å².